The lowest BCUT2D eigenvalue weighted by molar-refractivity contribution is -0.127. The zero-order valence-corrected chi connectivity index (χ0v) is 15.6. The Morgan fingerprint density at radius 1 is 1.27 bits per heavy atom. The Morgan fingerprint density at radius 2 is 2.12 bits per heavy atom. The number of rotatable bonds is 7. The molecule has 1 saturated heterocycles. The van der Waals surface area contributed by atoms with E-state index in [0.29, 0.717) is 19.1 Å². The summed E-state index contributed by atoms with van der Waals surface area (Å²) in [4.78, 5) is 15.3. The predicted octanol–water partition coefficient (Wildman–Crippen LogP) is 4.75. The SMILES string of the molecule is O=C(C=Cc1cccs1)N1CCC(CCOCc2cccc(F)c2)CC1. The number of thiophene rings is 1. The van der Waals surface area contributed by atoms with Gasteiger partial charge in [-0.1, -0.05) is 18.2 Å². The van der Waals surface area contributed by atoms with Crippen LogP contribution in [-0.4, -0.2) is 30.5 Å². The number of amides is 1. The van der Waals surface area contributed by atoms with E-state index in [1.165, 1.54) is 12.1 Å². The number of piperidine rings is 1. The van der Waals surface area contributed by atoms with Gasteiger partial charge in [-0.05, 0) is 60.4 Å². The molecule has 26 heavy (non-hydrogen) atoms. The number of hydrogen-bond donors (Lipinski definition) is 0. The van der Waals surface area contributed by atoms with Gasteiger partial charge in [-0.2, -0.15) is 0 Å². The van der Waals surface area contributed by atoms with Crippen LogP contribution >= 0.6 is 11.3 Å². The van der Waals surface area contributed by atoms with E-state index in [0.717, 1.165) is 42.8 Å². The maximum absolute atomic E-state index is 13.1. The molecule has 0 aliphatic carbocycles. The molecule has 3 rings (SSSR count). The normalized spacial score (nSPS) is 15.7. The molecule has 2 heterocycles. The summed E-state index contributed by atoms with van der Waals surface area (Å²) >= 11 is 1.63. The van der Waals surface area contributed by atoms with E-state index >= 15 is 0 Å². The molecule has 0 N–H and O–H groups in total. The molecule has 1 aliphatic rings. The van der Waals surface area contributed by atoms with Gasteiger partial charge < -0.3 is 9.64 Å². The van der Waals surface area contributed by atoms with Gasteiger partial charge >= 0.3 is 0 Å². The van der Waals surface area contributed by atoms with Gasteiger partial charge in [0.25, 0.3) is 0 Å². The second kappa shape index (κ2) is 9.64. The maximum atomic E-state index is 13.1. The van der Waals surface area contributed by atoms with Crippen molar-refractivity contribution in [2.45, 2.75) is 25.9 Å². The molecule has 0 unspecified atom stereocenters. The number of halogens is 1. The number of nitrogens with zero attached hydrogens (tertiary/aromatic N) is 1. The maximum Gasteiger partial charge on any atom is 0.246 e. The minimum atomic E-state index is -0.226. The minimum absolute atomic E-state index is 0.0965. The van der Waals surface area contributed by atoms with Crippen molar-refractivity contribution in [2.24, 2.45) is 5.92 Å². The molecule has 0 atom stereocenters. The second-order valence-corrected chi connectivity index (χ2v) is 7.57. The van der Waals surface area contributed by atoms with E-state index in [9.17, 15) is 9.18 Å². The Morgan fingerprint density at radius 3 is 2.85 bits per heavy atom. The fraction of sp³-hybridized carbons (Fsp3) is 0.381. The van der Waals surface area contributed by atoms with Crippen molar-refractivity contribution in [3.63, 3.8) is 0 Å². The van der Waals surface area contributed by atoms with Gasteiger partial charge in [-0.3, -0.25) is 4.79 Å². The molecule has 2 aromatic rings. The summed E-state index contributed by atoms with van der Waals surface area (Å²) in [6.07, 6.45) is 6.58. The summed E-state index contributed by atoms with van der Waals surface area (Å²) in [7, 11) is 0. The summed E-state index contributed by atoms with van der Waals surface area (Å²) in [5.41, 5.74) is 0.864. The lowest BCUT2D eigenvalue weighted by Crippen LogP contribution is -2.37. The number of benzene rings is 1. The predicted molar refractivity (Wildman–Crippen MR) is 103 cm³/mol. The summed E-state index contributed by atoms with van der Waals surface area (Å²) in [6.45, 7) is 2.74. The standard InChI is InChI=1S/C21H24FNO2S/c22-19-4-1-3-18(15-19)16-25-13-10-17-8-11-23(12-9-17)21(24)7-6-20-5-2-14-26-20/h1-7,14-15,17H,8-13,16H2. The van der Waals surface area contributed by atoms with E-state index in [1.807, 2.05) is 34.6 Å². The lowest BCUT2D eigenvalue weighted by atomic mass is 9.94. The van der Waals surface area contributed by atoms with E-state index in [-0.39, 0.29) is 11.7 Å². The molecule has 0 radical (unpaired) electrons. The lowest BCUT2D eigenvalue weighted by Gasteiger charge is -2.31. The summed E-state index contributed by atoms with van der Waals surface area (Å²) in [5, 5.41) is 2.01. The van der Waals surface area contributed by atoms with Gasteiger partial charge in [-0.15, -0.1) is 11.3 Å². The first-order chi connectivity index (χ1) is 12.7. The average molecular weight is 373 g/mol. The van der Waals surface area contributed by atoms with Crippen LogP contribution in [0.15, 0.2) is 47.9 Å². The van der Waals surface area contributed by atoms with Crippen LogP contribution in [0.25, 0.3) is 6.08 Å². The third kappa shape index (κ3) is 5.78. The van der Waals surface area contributed by atoms with Gasteiger partial charge in [-0.25, -0.2) is 4.39 Å². The van der Waals surface area contributed by atoms with Crippen molar-refractivity contribution in [2.75, 3.05) is 19.7 Å². The van der Waals surface area contributed by atoms with E-state index in [4.69, 9.17) is 4.74 Å². The van der Waals surface area contributed by atoms with Crippen LogP contribution in [0.1, 0.15) is 29.7 Å². The smallest absolute Gasteiger partial charge is 0.246 e. The number of hydrogen-bond acceptors (Lipinski definition) is 3. The first-order valence-electron chi connectivity index (χ1n) is 9.03. The Labute approximate surface area is 158 Å². The highest BCUT2D eigenvalue weighted by molar-refractivity contribution is 7.10. The van der Waals surface area contributed by atoms with Crippen molar-refractivity contribution in [1.29, 1.82) is 0 Å². The Hall–Kier alpha value is -1.98. The van der Waals surface area contributed by atoms with Crippen LogP contribution in [0.4, 0.5) is 4.39 Å². The molecular formula is C21H24FNO2S. The van der Waals surface area contributed by atoms with Crippen molar-refractivity contribution < 1.29 is 13.9 Å². The van der Waals surface area contributed by atoms with Crippen LogP contribution in [0, 0.1) is 11.7 Å². The van der Waals surface area contributed by atoms with Crippen LogP contribution < -0.4 is 0 Å². The van der Waals surface area contributed by atoms with Crippen LogP contribution in [0.2, 0.25) is 0 Å². The average Bonchev–Trinajstić information content (AvgIpc) is 3.17. The van der Waals surface area contributed by atoms with Crippen molar-refractivity contribution >= 4 is 23.3 Å². The van der Waals surface area contributed by atoms with Crippen LogP contribution in [0.3, 0.4) is 0 Å². The molecule has 1 amide bonds. The van der Waals surface area contributed by atoms with E-state index in [1.54, 1.807) is 23.5 Å². The molecule has 0 spiro atoms. The van der Waals surface area contributed by atoms with Gasteiger partial charge in [0.1, 0.15) is 5.82 Å². The third-order valence-corrected chi connectivity index (χ3v) is 5.53. The molecule has 3 nitrogen and oxygen atoms in total. The Bertz CT molecular complexity index is 721. The molecule has 1 aliphatic heterocycles. The van der Waals surface area contributed by atoms with E-state index in [2.05, 4.69) is 0 Å². The first kappa shape index (κ1) is 18.8. The topological polar surface area (TPSA) is 29.5 Å². The number of carbonyl (C=O) groups excluding carboxylic acids is 1. The summed E-state index contributed by atoms with van der Waals surface area (Å²) < 4.78 is 18.8. The molecule has 5 heteroatoms. The second-order valence-electron chi connectivity index (χ2n) is 6.59. The Kier molecular flexibility index (Phi) is 6.97. The van der Waals surface area contributed by atoms with Crippen molar-refractivity contribution in [3.8, 4) is 0 Å². The molecule has 1 fully saturated rings. The minimum Gasteiger partial charge on any atom is -0.377 e. The molecule has 0 bridgehead atoms. The zero-order chi connectivity index (χ0) is 18.2. The zero-order valence-electron chi connectivity index (χ0n) is 14.8. The fourth-order valence-corrected chi connectivity index (χ4v) is 3.77. The monoisotopic (exact) mass is 373 g/mol. The molecular weight excluding hydrogens is 349 g/mol. The first-order valence-corrected chi connectivity index (χ1v) is 9.91. The van der Waals surface area contributed by atoms with Crippen molar-refractivity contribution in [1.82, 2.24) is 4.90 Å². The highest BCUT2D eigenvalue weighted by Crippen LogP contribution is 2.21. The quantitative estimate of drug-likeness (QED) is 0.518. The molecule has 1 aromatic heterocycles. The van der Waals surface area contributed by atoms with Gasteiger partial charge in [0.05, 0.1) is 6.61 Å². The van der Waals surface area contributed by atoms with Gasteiger partial charge in [0, 0.05) is 30.6 Å². The van der Waals surface area contributed by atoms with Gasteiger partial charge in [0.15, 0.2) is 0 Å². The molecule has 1 aromatic carbocycles. The number of ether oxygens (including phenoxy) is 1. The van der Waals surface area contributed by atoms with Gasteiger partial charge in [0.2, 0.25) is 5.91 Å². The van der Waals surface area contributed by atoms with Crippen LogP contribution in [-0.2, 0) is 16.1 Å². The third-order valence-electron chi connectivity index (χ3n) is 4.69. The number of likely N-dealkylation sites (tertiary alicyclic amines) is 1. The molecule has 0 saturated carbocycles. The Balaban J connectivity index is 1.33. The molecule has 138 valence electrons. The number of carbonyl (C=O) groups is 1. The van der Waals surface area contributed by atoms with Crippen molar-refractivity contribution in [3.05, 3.63) is 64.1 Å². The largest absolute Gasteiger partial charge is 0.377 e. The van der Waals surface area contributed by atoms with E-state index < -0.39 is 0 Å². The fourth-order valence-electron chi connectivity index (χ4n) is 3.15. The summed E-state index contributed by atoms with van der Waals surface area (Å²) in [5.74, 6) is 0.461. The highest BCUT2D eigenvalue weighted by atomic mass is 32.1. The highest BCUT2D eigenvalue weighted by Gasteiger charge is 2.21. The van der Waals surface area contributed by atoms with Crippen LogP contribution in [0.5, 0.6) is 0 Å². The summed E-state index contributed by atoms with van der Waals surface area (Å²) in [6, 6.07) is 10.5.